The van der Waals surface area contributed by atoms with Gasteiger partial charge in [0.2, 0.25) is 0 Å². The first kappa shape index (κ1) is 19.8. The third-order valence-corrected chi connectivity index (χ3v) is 4.37. The van der Waals surface area contributed by atoms with Gasteiger partial charge in [-0.05, 0) is 36.8 Å². The third-order valence-electron chi connectivity index (χ3n) is 3.37. The molecule has 2 rings (SSSR count). The summed E-state index contributed by atoms with van der Waals surface area (Å²) in [5.74, 6) is 1.77. The van der Waals surface area contributed by atoms with Crippen LogP contribution in [0.1, 0.15) is 15.3 Å². The van der Waals surface area contributed by atoms with E-state index in [1.807, 2.05) is 37.6 Å². The van der Waals surface area contributed by atoms with Crippen LogP contribution >= 0.6 is 35.3 Å². The molecule has 4 nitrogen and oxygen atoms in total. The van der Waals surface area contributed by atoms with Crippen molar-refractivity contribution in [2.24, 2.45) is 4.99 Å². The lowest BCUT2D eigenvalue weighted by Crippen LogP contribution is -2.37. The number of halogens is 1. The monoisotopic (exact) mass is 445 g/mol. The second-order valence-corrected chi connectivity index (χ2v) is 6.49. The van der Waals surface area contributed by atoms with E-state index in [2.05, 4.69) is 46.4 Å². The van der Waals surface area contributed by atoms with Gasteiger partial charge in [-0.2, -0.15) is 0 Å². The number of guanidine groups is 1. The van der Waals surface area contributed by atoms with Crippen molar-refractivity contribution < 1.29 is 4.74 Å². The van der Waals surface area contributed by atoms with Gasteiger partial charge in [-0.1, -0.05) is 12.1 Å². The lowest BCUT2D eigenvalue weighted by atomic mass is 10.2. The van der Waals surface area contributed by atoms with Gasteiger partial charge in [-0.25, -0.2) is 0 Å². The highest BCUT2D eigenvalue weighted by Gasteiger charge is 2.07. The maximum Gasteiger partial charge on any atom is 0.193 e. The second-order valence-electron chi connectivity index (χ2n) is 5.12. The normalized spacial score (nSPS) is 10.9. The quantitative estimate of drug-likeness (QED) is 0.431. The summed E-state index contributed by atoms with van der Waals surface area (Å²) >= 11 is 1.81. The van der Waals surface area contributed by atoms with Gasteiger partial charge in [-0.3, -0.25) is 4.99 Å². The van der Waals surface area contributed by atoms with E-state index in [1.54, 1.807) is 7.11 Å². The van der Waals surface area contributed by atoms with Crippen LogP contribution in [0.4, 0.5) is 0 Å². The van der Waals surface area contributed by atoms with Gasteiger partial charge in [-0.15, -0.1) is 35.3 Å². The molecule has 1 heterocycles. The number of rotatable bonds is 5. The van der Waals surface area contributed by atoms with Gasteiger partial charge in [0.25, 0.3) is 0 Å². The molecule has 126 valence electrons. The number of hydrogen-bond acceptors (Lipinski definition) is 3. The Hall–Kier alpha value is -1.28. The summed E-state index contributed by atoms with van der Waals surface area (Å²) in [5, 5.41) is 3.40. The molecule has 0 spiro atoms. The zero-order valence-corrected chi connectivity index (χ0v) is 17.1. The van der Waals surface area contributed by atoms with E-state index in [4.69, 9.17) is 4.74 Å². The molecule has 23 heavy (non-hydrogen) atoms. The fourth-order valence-electron chi connectivity index (χ4n) is 2.21. The summed E-state index contributed by atoms with van der Waals surface area (Å²) in [7, 11) is 5.53. The SMILES string of the molecule is CN=C(NCc1ccc(C)s1)N(C)Cc1ccc(OC)cc1.I. The summed E-state index contributed by atoms with van der Waals surface area (Å²) in [6, 6.07) is 12.4. The Morgan fingerprint density at radius 1 is 1.22 bits per heavy atom. The lowest BCUT2D eigenvalue weighted by molar-refractivity contribution is 0.414. The summed E-state index contributed by atoms with van der Waals surface area (Å²) in [6.45, 7) is 3.73. The van der Waals surface area contributed by atoms with Crippen LogP contribution < -0.4 is 10.1 Å². The number of aryl methyl sites for hydroxylation is 1. The van der Waals surface area contributed by atoms with Crippen LogP contribution in [0.25, 0.3) is 0 Å². The van der Waals surface area contributed by atoms with Gasteiger partial charge in [0.05, 0.1) is 13.7 Å². The number of methoxy groups -OCH3 is 1. The highest BCUT2D eigenvalue weighted by atomic mass is 127. The molecule has 0 saturated heterocycles. The largest absolute Gasteiger partial charge is 0.497 e. The number of thiophene rings is 1. The Morgan fingerprint density at radius 2 is 1.91 bits per heavy atom. The molecule has 2 aromatic rings. The van der Waals surface area contributed by atoms with Crippen molar-refractivity contribution in [1.29, 1.82) is 0 Å². The molecule has 1 aromatic carbocycles. The van der Waals surface area contributed by atoms with Gasteiger partial charge in [0.15, 0.2) is 5.96 Å². The van der Waals surface area contributed by atoms with E-state index in [1.165, 1.54) is 15.3 Å². The van der Waals surface area contributed by atoms with E-state index in [-0.39, 0.29) is 24.0 Å². The van der Waals surface area contributed by atoms with Gasteiger partial charge in [0, 0.05) is 30.4 Å². The van der Waals surface area contributed by atoms with Crippen molar-refractivity contribution >= 4 is 41.3 Å². The zero-order valence-electron chi connectivity index (χ0n) is 14.0. The molecule has 1 N–H and O–H groups in total. The molecule has 0 aliphatic rings. The highest BCUT2D eigenvalue weighted by molar-refractivity contribution is 14.0. The van der Waals surface area contributed by atoms with Crippen LogP contribution in [0.3, 0.4) is 0 Å². The first-order valence-corrected chi connectivity index (χ1v) is 8.04. The van der Waals surface area contributed by atoms with Crippen LogP contribution in [0.5, 0.6) is 5.75 Å². The van der Waals surface area contributed by atoms with Gasteiger partial charge in [0.1, 0.15) is 5.75 Å². The van der Waals surface area contributed by atoms with Crippen molar-refractivity contribution in [3.63, 3.8) is 0 Å². The summed E-state index contributed by atoms with van der Waals surface area (Å²) < 4.78 is 5.18. The summed E-state index contributed by atoms with van der Waals surface area (Å²) in [6.07, 6.45) is 0. The number of hydrogen-bond donors (Lipinski definition) is 1. The van der Waals surface area contributed by atoms with Crippen LogP contribution in [0.15, 0.2) is 41.4 Å². The van der Waals surface area contributed by atoms with E-state index in [9.17, 15) is 0 Å². The predicted molar refractivity (Wildman–Crippen MR) is 109 cm³/mol. The predicted octanol–water partition coefficient (Wildman–Crippen LogP) is 3.89. The lowest BCUT2D eigenvalue weighted by Gasteiger charge is -2.22. The fourth-order valence-corrected chi connectivity index (χ4v) is 3.04. The van der Waals surface area contributed by atoms with E-state index < -0.39 is 0 Å². The fraction of sp³-hybridized carbons (Fsp3) is 0.353. The zero-order chi connectivity index (χ0) is 15.9. The summed E-state index contributed by atoms with van der Waals surface area (Å²) in [4.78, 5) is 9.11. The van der Waals surface area contributed by atoms with Crippen LogP contribution in [-0.2, 0) is 13.1 Å². The van der Waals surface area contributed by atoms with Crippen molar-refractivity contribution in [2.75, 3.05) is 21.2 Å². The smallest absolute Gasteiger partial charge is 0.193 e. The highest BCUT2D eigenvalue weighted by Crippen LogP contribution is 2.15. The molecule has 0 fully saturated rings. The average molecular weight is 445 g/mol. The van der Waals surface area contributed by atoms with Crippen LogP contribution in [0.2, 0.25) is 0 Å². The minimum absolute atomic E-state index is 0. The van der Waals surface area contributed by atoms with Crippen LogP contribution in [-0.4, -0.2) is 32.1 Å². The second kappa shape index (κ2) is 9.77. The third kappa shape index (κ3) is 6.02. The number of benzene rings is 1. The number of aliphatic imine (C=N–C) groups is 1. The van der Waals surface area contributed by atoms with E-state index in [0.29, 0.717) is 0 Å². The maximum atomic E-state index is 5.18. The average Bonchev–Trinajstić information content (AvgIpc) is 2.94. The molecule has 0 saturated carbocycles. The van der Waals surface area contributed by atoms with Crippen molar-refractivity contribution in [1.82, 2.24) is 10.2 Å². The molecule has 1 aromatic heterocycles. The van der Waals surface area contributed by atoms with Crippen molar-refractivity contribution in [3.05, 3.63) is 51.7 Å². The number of ether oxygens (including phenoxy) is 1. The Morgan fingerprint density at radius 3 is 2.43 bits per heavy atom. The minimum Gasteiger partial charge on any atom is -0.497 e. The minimum atomic E-state index is 0. The molecule has 0 unspecified atom stereocenters. The van der Waals surface area contributed by atoms with E-state index >= 15 is 0 Å². The molecular weight excluding hydrogens is 421 g/mol. The topological polar surface area (TPSA) is 36.9 Å². The Bertz CT molecular complexity index is 625. The molecule has 0 aliphatic carbocycles. The van der Waals surface area contributed by atoms with Crippen LogP contribution in [0, 0.1) is 6.92 Å². The molecule has 0 atom stereocenters. The molecule has 0 radical (unpaired) electrons. The van der Waals surface area contributed by atoms with Gasteiger partial charge < -0.3 is 15.0 Å². The first-order chi connectivity index (χ1) is 10.6. The molecule has 0 amide bonds. The first-order valence-electron chi connectivity index (χ1n) is 7.22. The molecule has 0 aliphatic heterocycles. The Balaban J connectivity index is 0.00000264. The van der Waals surface area contributed by atoms with Gasteiger partial charge >= 0.3 is 0 Å². The maximum absolute atomic E-state index is 5.18. The van der Waals surface area contributed by atoms with Crippen molar-refractivity contribution in [3.8, 4) is 5.75 Å². The number of nitrogens with one attached hydrogen (secondary N) is 1. The molecule has 6 heteroatoms. The Kier molecular flexibility index (Phi) is 8.40. The molecular formula is C17H24IN3OS. The number of nitrogens with zero attached hydrogens (tertiary/aromatic N) is 2. The summed E-state index contributed by atoms with van der Waals surface area (Å²) in [5.41, 5.74) is 1.22. The Labute approximate surface area is 159 Å². The standard InChI is InChI=1S/C17H23N3OS.HI/c1-13-5-10-16(22-13)11-19-17(18-2)20(3)12-14-6-8-15(21-4)9-7-14;/h5-10H,11-12H2,1-4H3,(H,18,19);1H. The van der Waals surface area contributed by atoms with E-state index in [0.717, 1.165) is 24.8 Å². The molecule has 0 bridgehead atoms. The van der Waals surface area contributed by atoms with Crippen molar-refractivity contribution in [2.45, 2.75) is 20.0 Å².